The van der Waals surface area contributed by atoms with E-state index in [2.05, 4.69) is 33.8 Å². The number of methoxy groups -OCH3 is 1. The van der Waals surface area contributed by atoms with Gasteiger partial charge in [0.25, 0.3) is 0 Å². The first kappa shape index (κ1) is 13.9. The van der Waals surface area contributed by atoms with Crippen molar-refractivity contribution in [3.63, 3.8) is 0 Å². The molecule has 0 saturated carbocycles. The van der Waals surface area contributed by atoms with Gasteiger partial charge in [0.15, 0.2) is 0 Å². The van der Waals surface area contributed by atoms with Crippen molar-refractivity contribution in [2.75, 3.05) is 25.1 Å². The fourth-order valence-corrected chi connectivity index (χ4v) is 2.88. The fourth-order valence-electron chi connectivity index (χ4n) is 2.43. The normalized spacial score (nSPS) is 22.1. The highest BCUT2D eigenvalue weighted by molar-refractivity contribution is 9.10. The van der Waals surface area contributed by atoms with E-state index < -0.39 is 0 Å². The number of halogens is 1. The van der Waals surface area contributed by atoms with Crippen LogP contribution in [0.2, 0.25) is 0 Å². The predicted molar refractivity (Wildman–Crippen MR) is 75.7 cm³/mol. The van der Waals surface area contributed by atoms with Gasteiger partial charge in [0, 0.05) is 23.2 Å². The Kier molecular flexibility index (Phi) is 4.11. The van der Waals surface area contributed by atoms with Crippen molar-refractivity contribution in [3.05, 3.63) is 28.2 Å². The van der Waals surface area contributed by atoms with Crippen molar-refractivity contribution in [3.8, 4) is 6.07 Å². The molecule has 1 aliphatic rings. The minimum atomic E-state index is -0.150. The maximum Gasteiger partial charge on any atom is 0.310 e. The summed E-state index contributed by atoms with van der Waals surface area (Å²) in [4.78, 5) is 13.8. The number of benzene rings is 1. The smallest absolute Gasteiger partial charge is 0.310 e. The maximum absolute atomic E-state index is 11.7. The van der Waals surface area contributed by atoms with Gasteiger partial charge in [0.2, 0.25) is 0 Å². The van der Waals surface area contributed by atoms with Crippen molar-refractivity contribution >= 4 is 27.6 Å². The lowest BCUT2D eigenvalue weighted by Crippen LogP contribution is -2.24. The summed E-state index contributed by atoms with van der Waals surface area (Å²) in [6, 6.07) is 7.74. The SMILES string of the molecule is COC(=O)C1CN(c2ccc(C#N)c(Br)c2)CC1C. The molecule has 2 unspecified atom stereocenters. The summed E-state index contributed by atoms with van der Waals surface area (Å²) >= 11 is 3.39. The van der Waals surface area contributed by atoms with Gasteiger partial charge in [0.05, 0.1) is 18.6 Å². The molecule has 0 spiro atoms. The zero-order valence-electron chi connectivity index (χ0n) is 10.9. The van der Waals surface area contributed by atoms with Crippen molar-refractivity contribution in [2.24, 2.45) is 11.8 Å². The van der Waals surface area contributed by atoms with E-state index >= 15 is 0 Å². The predicted octanol–water partition coefficient (Wildman–Crippen LogP) is 2.57. The molecule has 2 atom stereocenters. The molecule has 0 amide bonds. The zero-order chi connectivity index (χ0) is 14.0. The van der Waals surface area contributed by atoms with E-state index in [9.17, 15) is 4.79 Å². The molecule has 2 rings (SSSR count). The number of nitrogens with zero attached hydrogens (tertiary/aromatic N) is 2. The van der Waals surface area contributed by atoms with Crippen LogP contribution in [0.5, 0.6) is 0 Å². The molecule has 1 heterocycles. The number of hydrogen-bond donors (Lipinski definition) is 0. The second-order valence-corrected chi connectivity index (χ2v) is 5.64. The molecule has 19 heavy (non-hydrogen) atoms. The summed E-state index contributed by atoms with van der Waals surface area (Å²) in [6.07, 6.45) is 0. The number of esters is 1. The second kappa shape index (κ2) is 5.62. The highest BCUT2D eigenvalue weighted by atomic mass is 79.9. The van der Waals surface area contributed by atoms with Crippen LogP contribution in [0.15, 0.2) is 22.7 Å². The summed E-state index contributed by atoms with van der Waals surface area (Å²) in [5.74, 6) is 0.0315. The van der Waals surface area contributed by atoms with Crippen LogP contribution in [-0.2, 0) is 9.53 Å². The van der Waals surface area contributed by atoms with Crippen LogP contribution < -0.4 is 4.90 Å². The quantitative estimate of drug-likeness (QED) is 0.785. The number of carbonyl (C=O) groups is 1. The summed E-state index contributed by atoms with van der Waals surface area (Å²) in [6.45, 7) is 3.53. The molecule has 1 fully saturated rings. The van der Waals surface area contributed by atoms with Gasteiger partial charge in [-0.15, -0.1) is 0 Å². The van der Waals surface area contributed by atoms with E-state index in [1.807, 2.05) is 12.1 Å². The average molecular weight is 323 g/mol. The lowest BCUT2D eigenvalue weighted by Gasteiger charge is -2.18. The third-order valence-corrected chi connectivity index (χ3v) is 4.21. The van der Waals surface area contributed by atoms with Gasteiger partial charge < -0.3 is 9.64 Å². The standard InChI is InChI=1S/C14H15BrN2O2/c1-9-7-17(8-12(9)14(18)19-2)11-4-3-10(6-16)13(15)5-11/h3-5,9,12H,7-8H2,1-2H3. The molecule has 0 bridgehead atoms. The maximum atomic E-state index is 11.7. The molecular formula is C14H15BrN2O2. The summed E-state index contributed by atoms with van der Waals surface area (Å²) in [5.41, 5.74) is 1.63. The highest BCUT2D eigenvalue weighted by Gasteiger charge is 2.35. The molecule has 4 nitrogen and oxygen atoms in total. The van der Waals surface area contributed by atoms with Crippen LogP contribution in [0, 0.1) is 23.2 Å². The van der Waals surface area contributed by atoms with E-state index in [0.29, 0.717) is 12.1 Å². The zero-order valence-corrected chi connectivity index (χ0v) is 12.5. The molecule has 0 radical (unpaired) electrons. The Balaban J connectivity index is 2.19. The Bertz CT molecular complexity index is 539. The van der Waals surface area contributed by atoms with Crippen molar-refractivity contribution in [2.45, 2.75) is 6.92 Å². The minimum absolute atomic E-state index is 0.0839. The van der Waals surface area contributed by atoms with Crippen molar-refractivity contribution < 1.29 is 9.53 Å². The largest absolute Gasteiger partial charge is 0.469 e. The highest BCUT2D eigenvalue weighted by Crippen LogP contribution is 2.31. The van der Waals surface area contributed by atoms with Gasteiger partial charge in [-0.05, 0) is 40.0 Å². The Hall–Kier alpha value is -1.54. The molecule has 0 aromatic heterocycles. The Morgan fingerprint density at radius 3 is 2.84 bits per heavy atom. The number of hydrogen-bond acceptors (Lipinski definition) is 4. The van der Waals surface area contributed by atoms with E-state index in [-0.39, 0.29) is 17.8 Å². The lowest BCUT2D eigenvalue weighted by molar-refractivity contribution is -0.145. The van der Waals surface area contributed by atoms with E-state index in [1.165, 1.54) is 7.11 Å². The third kappa shape index (κ3) is 2.74. The van der Waals surface area contributed by atoms with Gasteiger partial charge in [-0.1, -0.05) is 6.92 Å². The first-order chi connectivity index (χ1) is 9.06. The number of anilines is 1. The average Bonchev–Trinajstić information content (AvgIpc) is 2.80. The molecule has 0 N–H and O–H groups in total. The first-order valence-electron chi connectivity index (χ1n) is 6.09. The molecule has 5 heteroatoms. The topological polar surface area (TPSA) is 53.3 Å². The van der Waals surface area contributed by atoms with Crippen molar-refractivity contribution in [1.29, 1.82) is 5.26 Å². The number of rotatable bonds is 2. The van der Waals surface area contributed by atoms with E-state index in [0.717, 1.165) is 16.7 Å². The number of ether oxygens (including phenoxy) is 1. The molecule has 1 saturated heterocycles. The summed E-state index contributed by atoms with van der Waals surface area (Å²) < 4.78 is 5.61. The second-order valence-electron chi connectivity index (χ2n) is 4.79. The molecular weight excluding hydrogens is 308 g/mol. The molecule has 1 aromatic carbocycles. The fraction of sp³-hybridized carbons (Fsp3) is 0.429. The third-order valence-electron chi connectivity index (χ3n) is 3.55. The molecule has 1 aromatic rings. The van der Waals surface area contributed by atoms with Gasteiger partial charge >= 0.3 is 5.97 Å². The number of carbonyl (C=O) groups excluding carboxylic acids is 1. The van der Waals surface area contributed by atoms with Crippen LogP contribution >= 0.6 is 15.9 Å². The minimum Gasteiger partial charge on any atom is -0.469 e. The Labute approximate surface area is 121 Å². The van der Waals surface area contributed by atoms with Crippen LogP contribution in [0.4, 0.5) is 5.69 Å². The van der Waals surface area contributed by atoms with Gasteiger partial charge in [-0.3, -0.25) is 4.79 Å². The van der Waals surface area contributed by atoms with Crippen LogP contribution in [0.1, 0.15) is 12.5 Å². The molecule has 100 valence electrons. The van der Waals surface area contributed by atoms with E-state index in [4.69, 9.17) is 10.00 Å². The first-order valence-corrected chi connectivity index (χ1v) is 6.88. The van der Waals surface area contributed by atoms with Crippen LogP contribution in [0.25, 0.3) is 0 Å². The Morgan fingerprint density at radius 2 is 2.26 bits per heavy atom. The van der Waals surface area contributed by atoms with Gasteiger partial charge in [0.1, 0.15) is 6.07 Å². The van der Waals surface area contributed by atoms with Crippen molar-refractivity contribution in [1.82, 2.24) is 0 Å². The lowest BCUT2D eigenvalue weighted by atomic mass is 9.99. The van der Waals surface area contributed by atoms with Gasteiger partial charge in [-0.25, -0.2) is 0 Å². The summed E-state index contributed by atoms with van der Waals surface area (Å²) in [7, 11) is 1.43. The Morgan fingerprint density at radius 1 is 1.53 bits per heavy atom. The van der Waals surface area contributed by atoms with Crippen LogP contribution in [-0.4, -0.2) is 26.2 Å². The van der Waals surface area contributed by atoms with E-state index in [1.54, 1.807) is 6.07 Å². The molecule has 1 aliphatic heterocycles. The number of nitriles is 1. The summed E-state index contributed by atoms with van der Waals surface area (Å²) in [5, 5.41) is 8.91. The van der Waals surface area contributed by atoms with Crippen LogP contribution in [0.3, 0.4) is 0 Å². The van der Waals surface area contributed by atoms with Gasteiger partial charge in [-0.2, -0.15) is 5.26 Å². The monoisotopic (exact) mass is 322 g/mol. The molecule has 0 aliphatic carbocycles.